The topological polar surface area (TPSA) is 124 Å². The predicted octanol–water partition coefficient (Wildman–Crippen LogP) is -1.08. The number of carbonyl (C=O) groups is 1. The molecule has 17 heavy (non-hydrogen) atoms. The molecule has 0 spiro atoms. The highest BCUT2D eigenvalue weighted by molar-refractivity contribution is 5.95. The van der Waals surface area contributed by atoms with Gasteiger partial charge in [0.25, 0.3) is 5.91 Å². The summed E-state index contributed by atoms with van der Waals surface area (Å²) < 4.78 is 9.45. The second-order valence-corrected chi connectivity index (χ2v) is 4.02. The van der Waals surface area contributed by atoms with E-state index >= 15 is 0 Å². The van der Waals surface area contributed by atoms with Crippen molar-refractivity contribution < 1.29 is 19.3 Å². The van der Waals surface area contributed by atoms with Crippen molar-refractivity contribution in [3.63, 3.8) is 0 Å². The first-order chi connectivity index (χ1) is 8.11. The van der Waals surface area contributed by atoms with E-state index in [2.05, 4.69) is 20.3 Å². The second kappa shape index (κ2) is 4.68. The zero-order valence-electron chi connectivity index (χ0n) is 9.18. The van der Waals surface area contributed by atoms with Crippen LogP contribution in [-0.2, 0) is 4.74 Å². The Bertz CT molecular complexity index is 399. The smallest absolute Gasteiger partial charge is 0.277 e. The quantitative estimate of drug-likeness (QED) is 0.616. The van der Waals surface area contributed by atoms with E-state index in [-0.39, 0.29) is 18.1 Å². The lowest BCUT2D eigenvalue weighted by molar-refractivity contribution is -0.0605. The second-order valence-electron chi connectivity index (χ2n) is 4.02. The summed E-state index contributed by atoms with van der Waals surface area (Å²) in [5, 5.41) is 19.3. The predicted molar refractivity (Wildman–Crippen MR) is 56.0 cm³/mol. The molecule has 2 rings (SSSR count). The molecule has 94 valence electrons. The molecule has 1 aromatic rings. The fourth-order valence-corrected chi connectivity index (χ4v) is 1.61. The number of anilines is 1. The van der Waals surface area contributed by atoms with Crippen molar-refractivity contribution in [2.24, 2.45) is 0 Å². The van der Waals surface area contributed by atoms with Gasteiger partial charge in [0, 0.05) is 32.6 Å². The number of hydrogen-bond acceptors (Lipinski definition) is 7. The number of nitrogen functional groups attached to an aromatic ring is 1. The summed E-state index contributed by atoms with van der Waals surface area (Å²) in [5.74, 6) is -0.579. The van der Waals surface area contributed by atoms with Gasteiger partial charge in [0.2, 0.25) is 11.5 Å². The van der Waals surface area contributed by atoms with E-state index in [1.165, 1.54) is 0 Å². The summed E-state index contributed by atoms with van der Waals surface area (Å²) in [4.78, 5) is 11.6. The maximum Gasteiger partial charge on any atom is 0.277 e. The van der Waals surface area contributed by atoms with Crippen LogP contribution in [0.1, 0.15) is 23.3 Å². The first-order valence-corrected chi connectivity index (χ1v) is 5.27. The van der Waals surface area contributed by atoms with Gasteiger partial charge in [0.05, 0.1) is 5.60 Å². The van der Waals surface area contributed by atoms with Gasteiger partial charge in [-0.25, -0.2) is 4.63 Å². The van der Waals surface area contributed by atoms with Crippen molar-refractivity contribution in [3.8, 4) is 0 Å². The van der Waals surface area contributed by atoms with Crippen molar-refractivity contribution in [1.29, 1.82) is 0 Å². The molecule has 1 aliphatic rings. The van der Waals surface area contributed by atoms with Crippen LogP contribution in [0.25, 0.3) is 0 Å². The van der Waals surface area contributed by atoms with Crippen molar-refractivity contribution in [3.05, 3.63) is 5.69 Å². The Balaban J connectivity index is 1.90. The van der Waals surface area contributed by atoms with Crippen molar-refractivity contribution in [2.45, 2.75) is 18.4 Å². The molecule has 0 atom stereocenters. The number of nitrogens with two attached hydrogens (primary N) is 1. The molecule has 4 N–H and O–H groups in total. The van der Waals surface area contributed by atoms with E-state index in [9.17, 15) is 9.90 Å². The van der Waals surface area contributed by atoms with Crippen LogP contribution >= 0.6 is 0 Å². The van der Waals surface area contributed by atoms with E-state index < -0.39 is 11.5 Å². The monoisotopic (exact) mass is 242 g/mol. The summed E-state index contributed by atoms with van der Waals surface area (Å²) in [5.41, 5.74) is 4.37. The standard InChI is InChI=1S/C9H14N4O4/c10-7-6(12-17-13-7)8(14)11-5-9(15)1-3-16-4-2-9/h15H,1-5H2,(H2,10,13)(H,11,14). The zero-order chi connectivity index (χ0) is 12.3. The molecule has 0 bridgehead atoms. The number of aromatic nitrogens is 2. The van der Waals surface area contributed by atoms with Gasteiger partial charge in [-0.2, -0.15) is 0 Å². The molecule has 1 aromatic heterocycles. The highest BCUT2D eigenvalue weighted by Crippen LogP contribution is 2.19. The van der Waals surface area contributed by atoms with Gasteiger partial charge in [-0.15, -0.1) is 0 Å². The average molecular weight is 242 g/mol. The Morgan fingerprint density at radius 1 is 1.47 bits per heavy atom. The highest BCUT2D eigenvalue weighted by Gasteiger charge is 2.30. The van der Waals surface area contributed by atoms with Crippen LogP contribution in [0.15, 0.2) is 4.63 Å². The SMILES string of the molecule is Nc1nonc1C(=O)NCC1(O)CCOCC1. The maximum atomic E-state index is 11.6. The Hall–Kier alpha value is -1.67. The van der Waals surface area contributed by atoms with Crippen LogP contribution in [0, 0.1) is 0 Å². The fraction of sp³-hybridized carbons (Fsp3) is 0.667. The lowest BCUT2D eigenvalue weighted by Crippen LogP contribution is -2.46. The van der Waals surface area contributed by atoms with E-state index in [4.69, 9.17) is 10.5 Å². The molecule has 1 saturated heterocycles. The van der Waals surface area contributed by atoms with Gasteiger partial charge >= 0.3 is 0 Å². The van der Waals surface area contributed by atoms with Crippen LogP contribution in [0.3, 0.4) is 0 Å². The molecule has 0 saturated carbocycles. The summed E-state index contributed by atoms with van der Waals surface area (Å²) in [7, 11) is 0. The van der Waals surface area contributed by atoms with Gasteiger partial charge in [0.1, 0.15) is 0 Å². The molecular formula is C9H14N4O4. The number of nitrogens with zero attached hydrogens (tertiary/aromatic N) is 2. The molecule has 8 heteroatoms. The summed E-state index contributed by atoms with van der Waals surface area (Å²) in [6.07, 6.45) is 0.972. The number of rotatable bonds is 3. The van der Waals surface area contributed by atoms with Crippen LogP contribution in [0.5, 0.6) is 0 Å². The third kappa shape index (κ3) is 2.71. The molecule has 0 radical (unpaired) electrons. The molecule has 8 nitrogen and oxygen atoms in total. The Morgan fingerprint density at radius 3 is 2.76 bits per heavy atom. The van der Waals surface area contributed by atoms with Crippen LogP contribution < -0.4 is 11.1 Å². The lowest BCUT2D eigenvalue weighted by atomic mass is 9.94. The fourth-order valence-electron chi connectivity index (χ4n) is 1.61. The summed E-state index contributed by atoms with van der Waals surface area (Å²) in [6.45, 7) is 1.10. The molecule has 1 aliphatic heterocycles. The normalized spacial score (nSPS) is 18.9. The number of amides is 1. The number of aliphatic hydroxyl groups is 1. The minimum absolute atomic E-state index is 0.0681. The van der Waals surface area contributed by atoms with Gasteiger partial charge in [0.15, 0.2) is 0 Å². The Labute approximate surface area is 97.1 Å². The third-order valence-corrected chi connectivity index (χ3v) is 2.73. The largest absolute Gasteiger partial charge is 0.388 e. The summed E-state index contributed by atoms with van der Waals surface area (Å²) in [6, 6.07) is 0. The number of carbonyl (C=O) groups excluding carboxylic acids is 1. The molecule has 2 heterocycles. The first kappa shape index (κ1) is 11.8. The van der Waals surface area contributed by atoms with Crippen molar-refractivity contribution in [2.75, 3.05) is 25.5 Å². The van der Waals surface area contributed by atoms with Crippen molar-refractivity contribution >= 4 is 11.7 Å². The zero-order valence-corrected chi connectivity index (χ0v) is 9.18. The Morgan fingerprint density at radius 2 is 2.18 bits per heavy atom. The van der Waals surface area contributed by atoms with Crippen molar-refractivity contribution in [1.82, 2.24) is 15.6 Å². The van der Waals surface area contributed by atoms with Crippen LogP contribution in [-0.4, -0.2) is 46.7 Å². The Kier molecular flexibility index (Phi) is 3.25. The van der Waals surface area contributed by atoms with E-state index in [0.29, 0.717) is 26.1 Å². The number of ether oxygens (including phenoxy) is 1. The lowest BCUT2D eigenvalue weighted by Gasteiger charge is -2.31. The minimum Gasteiger partial charge on any atom is -0.388 e. The molecule has 0 aromatic carbocycles. The van der Waals surface area contributed by atoms with Crippen LogP contribution in [0.4, 0.5) is 5.82 Å². The number of nitrogens with one attached hydrogen (secondary N) is 1. The van der Waals surface area contributed by atoms with E-state index in [1.807, 2.05) is 0 Å². The molecule has 0 aliphatic carbocycles. The highest BCUT2D eigenvalue weighted by atomic mass is 16.6. The van der Waals surface area contributed by atoms with E-state index in [0.717, 1.165) is 0 Å². The molecule has 1 fully saturated rings. The van der Waals surface area contributed by atoms with Gasteiger partial charge in [-0.05, 0) is 10.3 Å². The third-order valence-electron chi connectivity index (χ3n) is 2.73. The van der Waals surface area contributed by atoms with Gasteiger partial charge in [-0.3, -0.25) is 4.79 Å². The molecular weight excluding hydrogens is 228 g/mol. The average Bonchev–Trinajstić information content (AvgIpc) is 2.74. The van der Waals surface area contributed by atoms with Gasteiger partial charge < -0.3 is 20.9 Å². The van der Waals surface area contributed by atoms with E-state index in [1.54, 1.807) is 0 Å². The number of hydrogen-bond donors (Lipinski definition) is 3. The maximum absolute atomic E-state index is 11.6. The minimum atomic E-state index is -0.931. The van der Waals surface area contributed by atoms with Gasteiger partial charge in [-0.1, -0.05) is 0 Å². The van der Waals surface area contributed by atoms with Crippen LogP contribution in [0.2, 0.25) is 0 Å². The first-order valence-electron chi connectivity index (χ1n) is 5.27. The molecule has 0 unspecified atom stereocenters. The molecule has 1 amide bonds. The summed E-state index contributed by atoms with van der Waals surface area (Å²) >= 11 is 0.